The maximum absolute atomic E-state index is 13.3. The van der Waals surface area contributed by atoms with Crippen LogP contribution in [0.1, 0.15) is 36.3 Å². The van der Waals surface area contributed by atoms with E-state index in [-0.39, 0.29) is 19.0 Å². The molecule has 1 N–H and O–H groups in total. The minimum Gasteiger partial charge on any atom is -0.461 e. The molecular formula is C26H28N4O4. The zero-order valence-electron chi connectivity index (χ0n) is 19.8. The minimum atomic E-state index is -0.699. The molecule has 0 fully saturated rings. The fourth-order valence-electron chi connectivity index (χ4n) is 3.95. The van der Waals surface area contributed by atoms with E-state index in [1.807, 2.05) is 63.2 Å². The molecule has 0 spiro atoms. The molecule has 0 bridgehead atoms. The van der Waals surface area contributed by atoms with E-state index in [2.05, 4.69) is 10.3 Å². The summed E-state index contributed by atoms with van der Waals surface area (Å²) in [6.07, 6.45) is 1.51. The highest BCUT2D eigenvalue weighted by Crippen LogP contribution is 2.29. The van der Waals surface area contributed by atoms with Crippen LogP contribution in [0.2, 0.25) is 0 Å². The lowest BCUT2D eigenvalue weighted by Crippen LogP contribution is -2.43. The summed E-state index contributed by atoms with van der Waals surface area (Å²) in [5.41, 5.74) is 3.29. The second-order valence-corrected chi connectivity index (χ2v) is 8.64. The first kappa shape index (κ1) is 23.2. The predicted molar refractivity (Wildman–Crippen MR) is 132 cm³/mol. The molecule has 8 heteroatoms. The Morgan fingerprint density at radius 2 is 1.82 bits per heavy atom. The number of furan rings is 1. The van der Waals surface area contributed by atoms with Crippen molar-refractivity contribution in [2.45, 2.75) is 47.2 Å². The molecule has 0 saturated heterocycles. The molecule has 0 saturated carbocycles. The molecule has 176 valence electrons. The molecular weight excluding hydrogens is 432 g/mol. The molecule has 0 unspecified atom stereocenters. The molecule has 0 amide bonds. The molecule has 2 heterocycles. The molecule has 0 aliphatic rings. The average Bonchev–Trinajstić information content (AvgIpc) is 3.15. The van der Waals surface area contributed by atoms with Gasteiger partial charge in [-0.1, -0.05) is 43.7 Å². The summed E-state index contributed by atoms with van der Waals surface area (Å²) >= 11 is 0. The number of carbonyl (C=O) groups is 1. The second kappa shape index (κ2) is 9.51. The van der Waals surface area contributed by atoms with Crippen molar-refractivity contribution in [3.8, 4) is 0 Å². The van der Waals surface area contributed by atoms with E-state index in [9.17, 15) is 14.4 Å². The van der Waals surface area contributed by atoms with Crippen LogP contribution >= 0.6 is 0 Å². The molecule has 4 rings (SSSR count). The van der Waals surface area contributed by atoms with Crippen LogP contribution in [0, 0.1) is 19.8 Å². The lowest BCUT2D eigenvalue weighted by Gasteiger charge is -2.16. The third kappa shape index (κ3) is 4.57. The highest BCUT2D eigenvalue weighted by atomic mass is 16.3. The van der Waals surface area contributed by atoms with Crippen LogP contribution in [0.25, 0.3) is 11.0 Å². The number of hydrogen-bond acceptors (Lipinski definition) is 6. The Bertz CT molecular complexity index is 1460. The van der Waals surface area contributed by atoms with Crippen LogP contribution in [-0.4, -0.2) is 20.4 Å². The molecule has 0 aliphatic heterocycles. The van der Waals surface area contributed by atoms with Gasteiger partial charge >= 0.3 is 11.4 Å². The van der Waals surface area contributed by atoms with Crippen LogP contribution in [0.15, 0.2) is 56.5 Å². The normalized spacial score (nSPS) is 12.1. The number of anilines is 2. The first-order valence-corrected chi connectivity index (χ1v) is 11.3. The van der Waals surface area contributed by atoms with Gasteiger partial charge in [0.2, 0.25) is 5.95 Å². The Labute approximate surface area is 196 Å². The Kier molecular flexibility index (Phi) is 6.49. The Hall–Kier alpha value is -3.94. The molecule has 34 heavy (non-hydrogen) atoms. The molecule has 8 nitrogen and oxygen atoms in total. The summed E-state index contributed by atoms with van der Waals surface area (Å²) in [5.74, 6) is 0.577. The Balaban J connectivity index is 1.80. The lowest BCUT2D eigenvalue weighted by molar-refractivity contribution is -0.111. The number of hydrogen-bond donors (Lipinski definition) is 1. The number of benzene rings is 2. The van der Waals surface area contributed by atoms with E-state index in [0.29, 0.717) is 5.69 Å². The smallest absolute Gasteiger partial charge is 0.354 e. The quantitative estimate of drug-likeness (QED) is 0.400. The van der Waals surface area contributed by atoms with E-state index in [0.717, 1.165) is 50.7 Å². The van der Waals surface area contributed by atoms with Gasteiger partial charge in [0.05, 0.1) is 6.54 Å². The lowest BCUT2D eigenvalue weighted by atomic mass is 10.1. The number of nitrogens with one attached hydrogen (secondary N) is 1. The number of rotatable bonds is 8. The molecule has 2 aromatic heterocycles. The van der Waals surface area contributed by atoms with Crippen molar-refractivity contribution in [1.29, 1.82) is 0 Å². The third-order valence-electron chi connectivity index (χ3n) is 5.93. The number of aldehydes is 1. The summed E-state index contributed by atoms with van der Waals surface area (Å²) < 4.78 is 8.32. The van der Waals surface area contributed by atoms with Crippen molar-refractivity contribution < 1.29 is 9.21 Å². The van der Waals surface area contributed by atoms with Gasteiger partial charge in [-0.3, -0.25) is 4.57 Å². The van der Waals surface area contributed by atoms with Gasteiger partial charge in [0.25, 0.3) is 0 Å². The van der Waals surface area contributed by atoms with Crippen LogP contribution in [0.4, 0.5) is 11.6 Å². The monoisotopic (exact) mass is 460 g/mol. The van der Waals surface area contributed by atoms with E-state index in [1.165, 1.54) is 4.57 Å². The van der Waals surface area contributed by atoms with Crippen LogP contribution in [0.3, 0.4) is 0 Å². The summed E-state index contributed by atoms with van der Waals surface area (Å²) in [4.78, 5) is 41.4. The van der Waals surface area contributed by atoms with Crippen molar-refractivity contribution in [3.05, 3.63) is 85.9 Å². The van der Waals surface area contributed by atoms with Crippen LogP contribution in [-0.2, 0) is 24.3 Å². The van der Waals surface area contributed by atoms with E-state index < -0.39 is 17.3 Å². The summed E-state index contributed by atoms with van der Waals surface area (Å²) in [6.45, 7) is 7.89. The average molecular weight is 461 g/mol. The van der Waals surface area contributed by atoms with E-state index in [4.69, 9.17) is 4.42 Å². The standard InChI is InChI=1S/C26H28N4O4/c1-5-22-18(4)21-12-20(10-11-23(21)34-22)27-24-28-25(32)30(13-17(3)15-31)26(33)29(24)14-19-8-6-16(2)7-9-19/h6-12,15,17H,5,13-14H2,1-4H3,(H,27,28,32)/t17-/m0/s1. The maximum Gasteiger partial charge on any atom is 0.354 e. The van der Waals surface area contributed by atoms with E-state index >= 15 is 0 Å². The second-order valence-electron chi connectivity index (χ2n) is 8.64. The third-order valence-corrected chi connectivity index (χ3v) is 5.93. The van der Waals surface area contributed by atoms with Crippen molar-refractivity contribution in [1.82, 2.24) is 14.1 Å². The Morgan fingerprint density at radius 3 is 2.50 bits per heavy atom. The number of nitrogens with zero attached hydrogens (tertiary/aromatic N) is 3. The summed E-state index contributed by atoms with van der Waals surface area (Å²) in [6, 6.07) is 13.4. The molecule has 4 aromatic rings. The maximum atomic E-state index is 13.3. The molecule has 0 radical (unpaired) electrons. The number of aryl methyl sites for hydroxylation is 3. The molecule has 2 aromatic carbocycles. The van der Waals surface area contributed by atoms with Gasteiger partial charge in [-0.05, 0) is 43.2 Å². The van der Waals surface area contributed by atoms with Gasteiger partial charge < -0.3 is 14.5 Å². The van der Waals surface area contributed by atoms with Gasteiger partial charge in [0, 0.05) is 30.0 Å². The number of fused-ring (bicyclic) bond motifs is 1. The highest BCUT2D eigenvalue weighted by molar-refractivity contribution is 5.86. The van der Waals surface area contributed by atoms with Gasteiger partial charge in [0.15, 0.2) is 0 Å². The fraction of sp³-hybridized carbons (Fsp3) is 0.308. The van der Waals surface area contributed by atoms with Crippen molar-refractivity contribution in [3.63, 3.8) is 0 Å². The van der Waals surface area contributed by atoms with Gasteiger partial charge in [0.1, 0.15) is 17.6 Å². The predicted octanol–water partition coefficient (Wildman–Crippen LogP) is 3.96. The topological polar surface area (TPSA) is 99.1 Å². The SMILES string of the molecule is CCc1oc2ccc(Nc3nc(=O)n(C[C@H](C)C=O)c(=O)n3Cc3ccc(C)cc3)cc2c1C. The fourth-order valence-corrected chi connectivity index (χ4v) is 3.95. The number of carbonyl (C=O) groups excluding carboxylic acids is 1. The minimum absolute atomic E-state index is 0.0255. The van der Waals surface area contributed by atoms with Crippen LogP contribution < -0.4 is 16.7 Å². The van der Waals surface area contributed by atoms with Gasteiger partial charge in [-0.25, -0.2) is 14.2 Å². The molecule has 0 aliphatic carbocycles. The van der Waals surface area contributed by atoms with E-state index in [1.54, 1.807) is 6.92 Å². The first-order valence-electron chi connectivity index (χ1n) is 11.3. The first-order chi connectivity index (χ1) is 16.3. The van der Waals surface area contributed by atoms with Gasteiger partial charge in [-0.2, -0.15) is 4.98 Å². The van der Waals surface area contributed by atoms with Crippen LogP contribution in [0.5, 0.6) is 0 Å². The number of aromatic nitrogens is 3. The van der Waals surface area contributed by atoms with Crippen molar-refractivity contribution in [2.24, 2.45) is 5.92 Å². The zero-order valence-corrected chi connectivity index (χ0v) is 19.8. The Morgan fingerprint density at radius 1 is 1.09 bits per heavy atom. The summed E-state index contributed by atoms with van der Waals surface area (Å²) in [7, 11) is 0. The highest BCUT2D eigenvalue weighted by Gasteiger charge is 2.17. The molecule has 1 atom stereocenters. The van der Waals surface area contributed by atoms with Gasteiger partial charge in [-0.15, -0.1) is 0 Å². The summed E-state index contributed by atoms with van der Waals surface area (Å²) in [5, 5.41) is 4.11. The largest absolute Gasteiger partial charge is 0.461 e. The zero-order chi connectivity index (χ0) is 24.4. The van der Waals surface area contributed by atoms with Crippen molar-refractivity contribution >= 4 is 28.9 Å². The van der Waals surface area contributed by atoms with Crippen molar-refractivity contribution in [2.75, 3.05) is 5.32 Å².